The maximum absolute atomic E-state index is 11.6. The third-order valence-electron chi connectivity index (χ3n) is 4.36. The molecule has 0 atom stereocenters. The Morgan fingerprint density at radius 1 is 1.07 bits per heavy atom. The molecule has 2 rings (SSSR count). The van der Waals surface area contributed by atoms with Crippen molar-refractivity contribution in [1.29, 1.82) is 0 Å². The Morgan fingerprint density at radius 3 is 2.39 bits per heavy atom. The van der Waals surface area contributed by atoms with Crippen LogP contribution in [-0.4, -0.2) is 42.9 Å². The molecule has 1 aliphatic rings. The summed E-state index contributed by atoms with van der Waals surface area (Å²) in [5.74, 6) is -0.618. The lowest BCUT2D eigenvalue weighted by atomic mass is 10.1. The van der Waals surface area contributed by atoms with Crippen LogP contribution in [0.25, 0.3) is 0 Å². The summed E-state index contributed by atoms with van der Waals surface area (Å²) >= 11 is 0. The summed E-state index contributed by atoms with van der Waals surface area (Å²) in [4.78, 5) is 46.1. The minimum absolute atomic E-state index is 0.0191. The lowest BCUT2D eigenvalue weighted by Gasteiger charge is -2.12. The average Bonchev–Trinajstić information content (AvgIpc) is 3.16. The number of rotatable bonds is 9. The predicted octanol–water partition coefficient (Wildman–Crippen LogP) is 2.36. The van der Waals surface area contributed by atoms with Gasteiger partial charge < -0.3 is 14.8 Å². The minimum Gasteiger partial charge on any atom is -0.494 e. The number of Topliss-reactive ketones (excluding diaryl/α,β-unsaturated/α-hetero) is 1. The third kappa shape index (κ3) is 7.77. The molecule has 8 nitrogen and oxygen atoms in total. The van der Waals surface area contributed by atoms with Crippen molar-refractivity contribution in [1.82, 2.24) is 10.6 Å². The van der Waals surface area contributed by atoms with Crippen molar-refractivity contribution in [2.75, 3.05) is 13.2 Å². The van der Waals surface area contributed by atoms with Crippen LogP contribution in [0.3, 0.4) is 0 Å². The highest BCUT2D eigenvalue weighted by atomic mass is 16.5. The van der Waals surface area contributed by atoms with Crippen molar-refractivity contribution in [2.24, 2.45) is 0 Å². The van der Waals surface area contributed by atoms with E-state index in [1.165, 1.54) is 6.92 Å². The van der Waals surface area contributed by atoms with Gasteiger partial charge in [0.25, 0.3) is 5.91 Å². The zero-order chi connectivity index (χ0) is 20.4. The molecule has 1 saturated carbocycles. The molecule has 1 fully saturated rings. The monoisotopic (exact) mass is 390 g/mol. The topological polar surface area (TPSA) is 111 Å². The van der Waals surface area contributed by atoms with E-state index in [0.717, 1.165) is 25.7 Å². The van der Waals surface area contributed by atoms with Gasteiger partial charge in [0.05, 0.1) is 6.61 Å². The molecule has 0 aliphatic heterocycles. The molecule has 2 N–H and O–H groups in total. The number of esters is 1. The molecule has 3 amide bonds. The quantitative estimate of drug-likeness (QED) is 0.380. The van der Waals surface area contributed by atoms with Crippen molar-refractivity contribution >= 4 is 23.7 Å². The first kappa shape index (κ1) is 21.4. The van der Waals surface area contributed by atoms with Crippen LogP contribution < -0.4 is 15.4 Å². The highest BCUT2D eigenvalue weighted by molar-refractivity contribution is 5.95. The minimum atomic E-state index is -0.661. The molecule has 1 aromatic rings. The van der Waals surface area contributed by atoms with Crippen LogP contribution in [0.4, 0.5) is 4.79 Å². The fraction of sp³-hybridized carbons (Fsp3) is 0.500. The molecule has 1 aromatic carbocycles. The van der Waals surface area contributed by atoms with Gasteiger partial charge in [-0.1, -0.05) is 12.8 Å². The lowest BCUT2D eigenvalue weighted by Crippen LogP contribution is -2.44. The summed E-state index contributed by atoms with van der Waals surface area (Å²) in [7, 11) is 0. The number of ketones is 1. The normalized spacial score (nSPS) is 13.6. The fourth-order valence-electron chi connectivity index (χ4n) is 2.86. The maximum atomic E-state index is 11.6. The van der Waals surface area contributed by atoms with Crippen LogP contribution in [0.1, 0.15) is 55.8 Å². The molecule has 28 heavy (non-hydrogen) atoms. The number of urea groups is 1. The number of carbonyl (C=O) groups is 4. The largest absolute Gasteiger partial charge is 0.494 e. The van der Waals surface area contributed by atoms with Crippen LogP contribution in [0.2, 0.25) is 0 Å². The zero-order valence-corrected chi connectivity index (χ0v) is 16.0. The van der Waals surface area contributed by atoms with Gasteiger partial charge in [-0.05, 0) is 50.5 Å². The summed E-state index contributed by atoms with van der Waals surface area (Å²) in [6.07, 6.45) is 4.48. The molecular formula is C20H26N2O6. The smallest absolute Gasteiger partial charge is 0.321 e. The first-order valence-electron chi connectivity index (χ1n) is 9.44. The summed E-state index contributed by atoms with van der Waals surface area (Å²) < 4.78 is 10.3. The van der Waals surface area contributed by atoms with E-state index >= 15 is 0 Å². The Labute approximate surface area is 164 Å². The second kappa shape index (κ2) is 11.1. The van der Waals surface area contributed by atoms with Crippen molar-refractivity contribution < 1.29 is 28.7 Å². The number of hydrogen-bond donors (Lipinski definition) is 2. The number of amides is 3. The van der Waals surface area contributed by atoms with Gasteiger partial charge in [0.2, 0.25) is 0 Å². The average molecular weight is 390 g/mol. The Hall–Kier alpha value is -2.90. The van der Waals surface area contributed by atoms with Crippen molar-refractivity contribution in [3.05, 3.63) is 29.8 Å². The number of imide groups is 1. The Bertz CT molecular complexity index is 695. The molecule has 8 heteroatoms. The van der Waals surface area contributed by atoms with Crippen LogP contribution in [-0.2, 0) is 14.3 Å². The molecule has 0 radical (unpaired) electrons. The standard InChI is InChI=1S/C20H26N2O6/c1-14(23)15-8-10-17(11-9-15)27-12-4-7-19(25)28-13-18(24)22-20(26)21-16-5-2-3-6-16/h8-11,16H,2-7,12-13H2,1H3,(H2,21,22,24,26). The molecule has 0 spiro atoms. The summed E-state index contributed by atoms with van der Waals surface area (Å²) in [6.45, 7) is 1.29. The first-order chi connectivity index (χ1) is 13.4. The Kier molecular flexibility index (Phi) is 8.45. The van der Waals surface area contributed by atoms with Crippen LogP contribution >= 0.6 is 0 Å². The number of benzene rings is 1. The second-order valence-corrected chi connectivity index (χ2v) is 6.70. The van der Waals surface area contributed by atoms with E-state index in [1.54, 1.807) is 24.3 Å². The van der Waals surface area contributed by atoms with Crippen LogP contribution in [0, 0.1) is 0 Å². The molecule has 152 valence electrons. The highest BCUT2D eigenvalue weighted by Gasteiger charge is 2.18. The van der Waals surface area contributed by atoms with Crippen LogP contribution in [0.5, 0.6) is 5.75 Å². The van der Waals surface area contributed by atoms with Gasteiger partial charge in [0.1, 0.15) is 5.75 Å². The maximum Gasteiger partial charge on any atom is 0.321 e. The van der Waals surface area contributed by atoms with Crippen molar-refractivity contribution in [2.45, 2.75) is 51.5 Å². The van der Waals surface area contributed by atoms with Gasteiger partial charge in [0.15, 0.2) is 12.4 Å². The zero-order valence-electron chi connectivity index (χ0n) is 16.0. The first-order valence-corrected chi connectivity index (χ1v) is 9.44. The fourth-order valence-corrected chi connectivity index (χ4v) is 2.86. The number of hydrogen-bond acceptors (Lipinski definition) is 6. The molecule has 0 heterocycles. The van der Waals surface area contributed by atoms with Crippen LogP contribution in [0.15, 0.2) is 24.3 Å². The second-order valence-electron chi connectivity index (χ2n) is 6.70. The van der Waals surface area contributed by atoms with E-state index in [4.69, 9.17) is 9.47 Å². The molecule has 0 unspecified atom stereocenters. The van der Waals surface area contributed by atoms with E-state index in [9.17, 15) is 19.2 Å². The molecule has 1 aliphatic carbocycles. The summed E-state index contributed by atoms with van der Waals surface area (Å²) in [6, 6.07) is 6.28. The summed E-state index contributed by atoms with van der Waals surface area (Å²) in [5.41, 5.74) is 0.603. The molecule has 0 bridgehead atoms. The van der Waals surface area contributed by atoms with E-state index < -0.39 is 24.5 Å². The van der Waals surface area contributed by atoms with E-state index in [0.29, 0.717) is 24.3 Å². The van der Waals surface area contributed by atoms with Gasteiger partial charge in [-0.15, -0.1) is 0 Å². The van der Waals surface area contributed by atoms with Gasteiger partial charge >= 0.3 is 12.0 Å². The predicted molar refractivity (Wildman–Crippen MR) is 101 cm³/mol. The number of ether oxygens (including phenoxy) is 2. The Balaban J connectivity index is 1.54. The van der Waals surface area contributed by atoms with Gasteiger partial charge in [-0.25, -0.2) is 4.79 Å². The van der Waals surface area contributed by atoms with E-state index in [2.05, 4.69) is 10.6 Å². The number of nitrogens with one attached hydrogen (secondary N) is 2. The third-order valence-corrected chi connectivity index (χ3v) is 4.36. The van der Waals surface area contributed by atoms with Crippen molar-refractivity contribution in [3.8, 4) is 5.75 Å². The highest BCUT2D eigenvalue weighted by Crippen LogP contribution is 2.17. The molecular weight excluding hydrogens is 364 g/mol. The number of carbonyl (C=O) groups excluding carboxylic acids is 4. The van der Waals surface area contributed by atoms with Gasteiger partial charge in [-0.3, -0.25) is 19.7 Å². The van der Waals surface area contributed by atoms with E-state index in [1.807, 2.05) is 0 Å². The van der Waals surface area contributed by atoms with Gasteiger partial charge in [0, 0.05) is 18.0 Å². The SMILES string of the molecule is CC(=O)c1ccc(OCCCC(=O)OCC(=O)NC(=O)NC2CCCC2)cc1. The summed E-state index contributed by atoms with van der Waals surface area (Å²) in [5, 5.41) is 4.87. The molecule has 0 saturated heterocycles. The van der Waals surface area contributed by atoms with E-state index in [-0.39, 0.29) is 18.2 Å². The van der Waals surface area contributed by atoms with Gasteiger partial charge in [-0.2, -0.15) is 0 Å². The Morgan fingerprint density at radius 2 is 1.75 bits per heavy atom. The lowest BCUT2D eigenvalue weighted by molar-refractivity contribution is -0.148. The molecule has 0 aromatic heterocycles. The van der Waals surface area contributed by atoms with Crippen molar-refractivity contribution in [3.63, 3.8) is 0 Å².